The first-order valence-corrected chi connectivity index (χ1v) is 7.38. The van der Waals surface area contributed by atoms with E-state index in [1.54, 1.807) is 37.3 Å². The standard InChI is InChI=1S/C16H14Cl2N2O3/c1-9-7-10(17)3-5-13(9)20-16(22)15(21)19-11-4-6-14(23-2)12(18)8-11/h3-8H,1-2H3,(H,19,21)(H,20,22). The summed E-state index contributed by atoms with van der Waals surface area (Å²) in [7, 11) is 1.49. The van der Waals surface area contributed by atoms with Gasteiger partial charge in [-0.1, -0.05) is 23.2 Å². The van der Waals surface area contributed by atoms with Crippen LogP contribution in [0.1, 0.15) is 5.56 Å². The average molecular weight is 353 g/mol. The highest BCUT2D eigenvalue weighted by Crippen LogP contribution is 2.27. The molecule has 2 N–H and O–H groups in total. The number of anilines is 2. The molecule has 0 radical (unpaired) electrons. The van der Waals surface area contributed by atoms with E-state index in [4.69, 9.17) is 27.9 Å². The summed E-state index contributed by atoms with van der Waals surface area (Å²) >= 11 is 11.8. The molecule has 0 heterocycles. The molecule has 0 fully saturated rings. The first kappa shape index (κ1) is 17.1. The zero-order chi connectivity index (χ0) is 17.0. The maximum absolute atomic E-state index is 11.9. The molecule has 0 aliphatic carbocycles. The normalized spacial score (nSPS) is 10.1. The molecule has 0 unspecified atom stereocenters. The fourth-order valence-corrected chi connectivity index (χ4v) is 2.36. The highest BCUT2D eigenvalue weighted by atomic mass is 35.5. The van der Waals surface area contributed by atoms with Gasteiger partial charge < -0.3 is 15.4 Å². The lowest BCUT2D eigenvalue weighted by atomic mass is 10.2. The Morgan fingerprint density at radius 1 is 1.00 bits per heavy atom. The van der Waals surface area contributed by atoms with Gasteiger partial charge in [-0.15, -0.1) is 0 Å². The largest absolute Gasteiger partial charge is 0.495 e. The number of halogens is 2. The van der Waals surface area contributed by atoms with Crippen molar-refractivity contribution < 1.29 is 14.3 Å². The molecule has 0 saturated heterocycles. The van der Waals surface area contributed by atoms with Crippen LogP contribution in [0.2, 0.25) is 10.0 Å². The Bertz CT molecular complexity index is 763. The van der Waals surface area contributed by atoms with E-state index in [2.05, 4.69) is 10.6 Å². The molecule has 0 aliphatic rings. The van der Waals surface area contributed by atoms with Gasteiger partial charge in [-0.2, -0.15) is 0 Å². The van der Waals surface area contributed by atoms with Crippen molar-refractivity contribution in [3.63, 3.8) is 0 Å². The van der Waals surface area contributed by atoms with E-state index in [1.807, 2.05) is 0 Å². The summed E-state index contributed by atoms with van der Waals surface area (Å²) in [6.07, 6.45) is 0. The molecular formula is C16H14Cl2N2O3. The Morgan fingerprint density at radius 3 is 2.30 bits per heavy atom. The lowest BCUT2D eigenvalue weighted by molar-refractivity contribution is -0.133. The first-order chi connectivity index (χ1) is 10.9. The Balaban J connectivity index is 2.05. The van der Waals surface area contributed by atoms with Gasteiger partial charge in [0.1, 0.15) is 5.75 Å². The zero-order valence-corrected chi connectivity index (χ0v) is 14.0. The monoisotopic (exact) mass is 352 g/mol. The number of hydrogen-bond donors (Lipinski definition) is 2. The van der Waals surface area contributed by atoms with Crippen molar-refractivity contribution in [3.8, 4) is 5.75 Å². The number of benzene rings is 2. The van der Waals surface area contributed by atoms with E-state index < -0.39 is 11.8 Å². The fourth-order valence-electron chi connectivity index (χ4n) is 1.88. The molecule has 0 bridgehead atoms. The van der Waals surface area contributed by atoms with Gasteiger partial charge in [0.15, 0.2) is 0 Å². The quantitative estimate of drug-likeness (QED) is 0.823. The second-order valence-corrected chi connectivity index (χ2v) is 5.56. The van der Waals surface area contributed by atoms with E-state index >= 15 is 0 Å². The number of rotatable bonds is 3. The van der Waals surface area contributed by atoms with Crippen LogP contribution in [0, 0.1) is 6.92 Å². The fraction of sp³-hybridized carbons (Fsp3) is 0.125. The average Bonchev–Trinajstić information content (AvgIpc) is 2.50. The number of carbonyl (C=O) groups excluding carboxylic acids is 2. The lowest BCUT2D eigenvalue weighted by Gasteiger charge is -2.10. The first-order valence-electron chi connectivity index (χ1n) is 6.62. The van der Waals surface area contributed by atoms with Gasteiger partial charge in [-0.3, -0.25) is 9.59 Å². The number of amides is 2. The number of nitrogens with one attached hydrogen (secondary N) is 2. The van der Waals surface area contributed by atoms with Crippen molar-refractivity contribution in [2.45, 2.75) is 6.92 Å². The van der Waals surface area contributed by atoms with Gasteiger partial charge in [-0.25, -0.2) is 0 Å². The highest BCUT2D eigenvalue weighted by molar-refractivity contribution is 6.44. The molecule has 2 amide bonds. The van der Waals surface area contributed by atoms with Crippen LogP contribution in [0.4, 0.5) is 11.4 Å². The van der Waals surface area contributed by atoms with Gasteiger partial charge in [0.25, 0.3) is 0 Å². The van der Waals surface area contributed by atoms with Crippen molar-refractivity contribution in [1.82, 2.24) is 0 Å². The maximum Gasteiger partial charge on any atom is 0.314 e. The number of methoxy groups -OCH3 is 1. The van der Waals surface area contributed by atoms with Crippen LogP contribution in [0.5, 0.6) is 5.75 Å². The summed E-state index contributed by atoms with van der Waals surface area (Å²) in [5, 5.41) is 5.88. The molecule has 0 atom stereocenters. The van der Waals surface area contributed by atoms with Gasteiger partial charge in [0, 0.05) is 16.4 Å². The number of ether oxygens (including phenoxy) is 1. The van der Waals surface area contributed by atoms with E-state index in [0.29, 0.717) is 27.2 Å². The van der Waals surface area contributed by atoms with Gasteiger partial charge >= 0.3 is 11.8 Å². The minimum Gasteiger partial charge on any atom is -0.495 e. The van der Waals surface area contributed by atoms with E-state index in [9.17, 15) is 9.59 Å². The highest BCUT2D eigenvalue weighted by Gasteiger charge is 2.15. The third kappa shape index (κ3) is 4.37. The van der Waals surface area contributed by atoms with Gasteiger partial charge in [-0.05, 0) is 48.9 Å². The predicted octanol–water partition coefficient (Wildman–Crippen LogP) is 3.89. The molecule has 0 saturated carbocycles. The van der Waals surface area contributed by atoms with Crippen molar-refractivity contribution >= 4 is 46.4 Å². The van der Waals surface area contributed by atoms with E-state index in [0.717, 1.165) is 5.56 Å². The van der Waals surface area contributed by atoms with Crippen LogP contribution in [-0.2, 0) is 9.59 Å². The number of carbonyl (C=O) groups is 2. The Hall–Kier alpha value is -2.24. The molecule has 120 valence electrons. The Morgan fingerprint density at radius 2 is 1.70 bits per heavy atom. The third-order valence-corrected chi connectivity index (χ3v) is 3.58. The summed E-state index contributed by atoms with van der Waals surface area (Å²) in [6.45, 7) is 1.78. The second kappa shape index (κ2) is 7.35. The Labute approximate surface area is 143 Å². The number of aryl methyl sites for hydroxylation is 1. The third-order valence-electron chi connectivity index (χ3n) is 3.05. The molecule has 7 heteroatoms. The van der Waals surface area contributed by atoms with Crippen LogP contribution in [-0.4, -0.2) is 18.9 Å². The summed E-state index contributed by atoms with van der Waals surface area (Å²) in [6, 6.07) is 9.64. The van der Waals surface area contributed by atoms with E-state index in [-0.39, 0.29) is 0 Å². The maximum atomic E-state index is 11.9. The summed E-state index contributed by atoms with van der Waals surface area (Å²) < 4.78 is 5.02. The van der Waals surface area contributed by atoms with Crippen molar-refractivity contribution in [2.24, 2.45) is 0 Å². The van der Waals surface area contributed by atoms with Crippen LogP contribution >= 0.6 is 23.2 Å². The SMILES string of the molecule is COc1ccc(NC(=O)C(=O)Nc2ccc(Cl)cc2C)cc1Cl. The molecular weight excluding hydrogens is 339 g/mol. The minimum absolute atomic E-state index is 0.333. The van der Waals surface area contributed by atoms with Gasteiger partial charge in [0.2, 0.25) is 0 Å². The summed E-state index contributed by atoms with van der Waals surface area (Å²) in [5.74, 6) is -1.12. The van der Waals surface area contributed by atoms with E-state index in [1.165, 1.54) is 13.2 Å². The van der Waals surface area contributed by atoms with Crippen LogP contribution in [0.15, 0.2) is 36.4 Å². The zero-order valence-electron chi connectivity index (χ0n) is 12.4. The second-order valence-electron chi connectivity index (χ2n) is 4.72. The lowest BCUT2D eigenvalue weighted by Crippen LogP contribution is -2.29. The Kier molecular flexibility index (Phi) is 5.47. The van der Waals surface area contributed by atoms with Crippen LogP contribution in [0.25, 0.3) is 0 Å². The summed E-state index contributed by atoms with van der Waals surface area (Å²) in [5.41, 5.74) is 1.66. The molecule has 2 aromatic rings. The molecule has 2 rings (SSSR count). The van der Waals surface area contributed by atoms with Gasteiger partial charge in [0.05, 0.1) is 12.1 Å². The number of hydrogen-bond acceptors (Lipinski definition) is 3. The molecule has 5 nitrogen and oxygen atoms in total. The molecule has 0 aliphatic heterocycles. The molecule has 2 aromatic carbocycles. The summed E-state index contributed by atoms with van der Waals surface area (Å²) in [4.78, 5) is 23.9. The smallest absolute Gasteiger partial charge is 0.314 e. The van der Waals surface area contributed by atoms with Crippen LogP contribution < -0.4 is 15.4 Å². The topological polar surface area (TPSA) is 67.4 Å². The molecule has 23 heavy (non-hydrogen) atoms. The molecule has 0 aromatic heterocycles. The van der Waals surface area contributed by atoms with Crippen molar-refractivity contribution in [2.75, 3.05) is 17.7 Å². The van der Waals surface area contributed by atoms with Crippen LogP contribution in [0.3, 0.4) is 0 Å². The molecule has 0 spiro atoms. The van der Waals surface area contributed by atoms with Crippen molar-refractivity contribution in [1.29, 1.82) is 0 Å². The predicted molar refractivity (Wildman–Crippen MR) is 91.5 cm³/mol. The van der Waals surface area contributed by atoms with Crippen molar-refractivity contribution in [3.05, 3.63) is 52.0 Å². The minimum atomic E-state index is -0.805.